The summed E-state index contributed by atoms with van der Waals surface area (Å²) < 4.78 is 7.27. The van der Waals surface area contributed by atoms with Crippen molar-refractivity contribution in [3.63, 3.8) is 0 Å². The molecular weight excluding hydrogens is 433 g/mol. The van der Waals surface area contributed by atoms with E-state index in [0.717, 1.165) is 11.3 Å². The van der Waals surface area contributed by atoms with Gasteiger partial charge in [0.25, 0.3) is 0 Å². The third-order valence-corrected chi connectivity index (χ3v) is 5.47. The van der Waals surface area contributed by atoms with Gasteiger partial charge in [0.1, 0.15) is 11.3 Å². The molecule has 0 aliphatic heterocycles. The van der Waals surface area contributed by atoms with Crippen molar-refractivity contribution in [1.29, 1.82) is 0 Å². The molecule has 2 heterocycles. The summed E-state index contributed by atoms with van der Waals surface area (Å²) in [6.45, 7) is 6.32. The SMILES string of the molecule is CC.COc1ccc(Cl)c(Cn2c(C)c(C(=O)c3ccc(Cl)cc3)c3nccnc32)c1. The van der Waals surface area contributed by atoms with Crippen LogP contribution < -0.4 is 4.74 Å². The van der Waals surface area contributed by atoms with Crippen molar-refractivity contribution in [2.24, 2.45) is 0 Å². The third-order valence-electron chi connectivity index (χ3n) is 4.85. The van der Waals surface area contributed by atoms with Gasteiger partial charge in [0.05, 0.1) is 19.2 Å². The molecule has 0 spiro atoms. The Morgan fingerprint density at radius 2 is 1.71 bits per heavy atom. The molecule has 31 heavy (non-hydrogen) atoms. The van der Waals surface area contributed by atoms with Crippen LogP contribution in [0.1, 0.15) is 41.0 Å². The quantitative estimate of drug-likeness (QED) is 0.328. The van der Waals surface area contributed by atoms with Crippen molar-refractivity contribution in [2.45, 2.75) is 27.3 Å². The molecule has 0 saturated heterocycles. The molecule has 0 radical (unpaired) electrons. The van der Waals surface area contributed by atoms with E-state index in [0.29, 0.717) is 44.6 Å². The Labute approximate surface area is 191 Å². The number of ketones is 1. The van der Waals surface area contributed by atoms with Gasteiger partial charge in [-0.05, 0) is 55.0 Å². The minimum Gasteiger partial charge on any atom is -0.497 e. The molecule has 4 aromatic rings. The normalized spacial score (nSPS) is 10.5. The number of carbonyl (C=O) groups is 1. The first-order valence-electron chi connectivity index (χ1n) is 9.92. The molecule has 5 nitrogen and oxygen atoms in total. The maximum absolute atomic E-state index is 13.3. The summed E-state index contributed by atoms with van der Waals surface area (Å²) in [5.74, 6) is 0.585. The van der Waals surface area contributed by atoms with Gasteiger partial charge in [-0.1, -0.05) is 37.0 Å². The predicted molar refractivity (Wildman–Crippen MR) is 126 cm³/mol. The lowest BCUT2D eigenvalue weighted by Crippen LogP contribution is -2.07. The monoisotopic (exact) mass is 455 g/mol. The van der Waals surface area contributed by atoms with Crippen LogP contribution in [0.4, 0.5) is 0 Å². The fourth-order valence-electron chi connectivity index (χ4n) is 3.35. The van der Waals surface area contributed by atoms with E-state index in [1.54, 1.807) is 49.8 Å². The first kappa shape index (κ1) is 22.8. The van der Waals surface area contributed by atoms with Gasteiger partial charge in [0.2, 0.25) is 0 Å². The Hall–Kier alpha value is -2.89. The number of carbonyl (C=O) groups excluding carboxylic acids is 1. The van der Waals surface area contributed by atoms with Crippen molar-refractivity contribution in [3.8, 4) is 5.75 Å². The molecule has 0 aliphatic carbocycles. The molecule has 0 N–H and O–H groups in total. The van der Waals surface area contributed by atoms with Gasteiger partial charge in [0.15, 0.2) is 11.4 Å². The topological polar surface area (TPSA) is 57.0 Å². The summed E-state index contributed by atoms with van der Waals surface area (Å²) in [6, 6.07) is 12.3. The molecule has 0 bridgehead atoms. The second kappa shape index (κ2) is 9.94. The molecular formula is C24H23Cl2N3O2. The second-order valence-electron chi connectivity index (χ2n) is 6.57. The number of fused-ring (bicyclic) bond motifs is 1. The summed E-state index contributed by atoms with van der Waals surface area (Å²) in [6.07, 6.45) is 3.20. The Morgan fingerprint density at radius 1 is 1.03 bits per heavy atom. The highest BCUT2D eigenvalue weighted by Gasteiger charge is 2.23. The minimum absolute atomic E-state index is 0.125. The van der Waals surface area contributed by atoms with Crippen LogP contribution in [0.2, 0.25) is 10.0 Å². The van der Waals surface area contributed by atoms with Crippen molar-refractivity contribution in [1.82, 2.24) is 14.5 Å². The fourth-order valence-corrected chi connectivity index (χ4v) is 3.65. The van der Waals surface area contributed by atoms with E-state index < -0.39 is 0 Å². The number of aromatic nitrogens is 3. The number of halogens is 2. The van der Waals surface area contributed by atoms with E-state index in [2.05, 4.69) is 9.97 Å². The van der Waals surface area contributed by atoms with E-state index in [4.69, 9.17) is 27.9 Å². The number of ether oxygens (including phenoxy) is 1. The molecule has 160 valence electrons. The molecule has 2 aromatic carbocycles. The van der Waals surface area contributed by atoms with Crippen molar-refractivity contribution in [3.05, 3.63) is 87.3 Å². The van der Waals surface area contributed by atoms with Gasteiger partial charge in [0, 0.05) is 33.7 Å². The molecule has 0 aliphatic rings. The zero-order valence-corrected chi connectivity index (χ0v) is 19.3. The lowest BCUT2D eigenvalue weighted by molar-refractivity contribution is 0.103. The predicted octanol–water partition coefficient (Wildman–Crippen LogP) is 6.36. The number of benzene rings is 2. The van der Waals surface area contributed by atoms with Crippen LogP contribution in [0.25, 0.3) is 11.2 Å². The van der Waals surface area contributed by atoms with Gasteiger partial charge in [-0.15, -0.1) is 0 Å². The summed E-state index contributed by atoms with van der Waals surface area (Å²) >= 11 is 12.4. The zero-order valence-electron chi connectivity index (χ0n) is 17.8. The van der Waals surface area contributed by atoms with Crippen LogP contribution in [0.15, 0.2) is 54.9 Å². The van der Waals surface area contributed by atoms with E-state index in [9.17, 15) is 4.79 Å². The smallest absolute Gasteiger partial charge is 0.197 e. The van der Waals surface area contributed by atoms with Crippen LogP contribution in [0, 0.1) is 6.92 Å². The summed E-state index contributed by atoms with van der Waals surface area (Å²) in [5.41, 5.74) is 3.88. The van der Waals surface area contributed by atoms with E-state index >= 15 is 0 Å². The van der Waals surface area contributed by atoms with Gasteiger partial charge < -0.3 is 9.30 Å². The Morgan fingerprint density at radius 3 is 2.39 bits per heavy atom. The number of methoxy groups -OCH3 is 1. The van der Waals surface area contributed by atoms with Crippen LogP contribution in [-0.2, 0) is 6.54 Å². The van der Waals surface area contributed by atoms with Gasteiger partial charge in [-0.25, -0.2) is 4.98 Å². The lowest BCUT2D eigenvalue weighted by atomic mass is 10.0. The van der Waals surface area contributed by atoms with Crippen LogP contribution in [-0.4, -0.2) is 27.4 Å². The number of nitrogens with zero attached hydrogens (tertiary/aromatic N) is 3. The van der Waals surface area contributed by atoms with E-state index in [1.807, 2.05) is 37.5 Å². The first-order valence-corrected chi connectivity index (χ1v) is 10.7. The molecule has 4 rings (SSSR count). The highest BCUT2D eigenvalue weighted by atomic mass is 35.5. The third kappa shape index (κ3) is 4.58. The average Bonchev–Trinajstić information content (AvgIpc) is 3.08. The molecule has 0 saturated carbocycles. The number of hydrogen-bond acceptors (Lipinski definition) is 4. The largest absolute Gasteiger partial charge is 0.497 e. The maximum atomic E-state index is 13.3. The molecule has 0 unspecified atom stereocenters. The molecule has 0 atom stereocenters. The highest BCUT2D eigenvalue weighted by Crippen LogP contribution is 2.29. The highest BCUT2D eigenvalue weighted by molar-refractivity contribution is 6.31. The zero-order chi connectivity index (χ0) is 22.5. The van der Waals surface area contributed by atoms with Gasteiger partial charge in [-0.2, -0.15) is 0 Å². The maximum Gasteiger partial charge on any atom is 0.197 e. The first-order chi connectivity index (χ1) is 15.0. The second-order valence-corrected chi connectivity index (χ2v) is 7.41. The van der Waals surface area contributed by atoms with Crippen molar-refractivity contribution < 1.29 is 9.53 Å². The molecule has 0 fully saturated rings. The Balaban J connectivity index is 0.00000132. The van der Waals surface area contributed by atoms with Gasteiger partial charge in [-0.3, -0.25) is 9.78 Å². The molecule has 7 heteroatoms. The number of rotatable bonds is 5. The number of hydrogen-bond donors (Lipinski definition) is 0. The Bertz CT molecular complexity index is 1220. The molecule has 2 aromatic heterocycles. The summed E-state index contributed by atoms with van der Waals surface area (Å²) in [5, 5.41) is 1.19. The molecule has 0 amide bonds. The average molecular weight is 456 g/mol. The van der Waals surface area contributed by atoms with Gasteiger partial charge >= 0.3 is 0 Å². The van der Waals surface area contributed by atoms with E-state index in [1.165, 1.54) is 0 Å². The fraction of sp³-hybridized carbons (Fsp3) is 0.208. The van der Waals surface area contributed by atoms with Crippen molar-refractivity contribution >= 4 is 40.1 Å². The van der Waals surface area contributed by atoms with Crippen molar-refractivity contribution in [2.75, 3.05) is 7.11 Å². The van der Waals surface area contributed by atoms with Crippen LogP contribution in [0.3, 0.4) is 0 Å². The summed E-state index contributed by atoms with van der Waals surface area (Å²) in [7, 11) is 1.61. The summed E-state index contributed by atoms with van der Waals surface area (Å²) in [4.78, 5) is 22.2. The van der Waals surface area contributed by atoms with E-state index in [-0.39, 0.29) is 5.78 Å². The lowest BCUT2D eigenvalue weighted by Gasteiger charge is -2.11. The van der Waals surface area contributed by atoms with Crippen LogP contribution >= 0.6 is 23.2 Å². The van der Waals surface area contributed by atoms with Crippen LogP contribution in [0.5, 0.6) is 5.75 Å². The standard InChI is InChI=1S/C22H17Cl2N3O2.C2H6/c1-13-19(21(28)14-3-5-16(23)6-4-14)20-22(26-10-9-25-20)27(13)12-15-11-17(29-2)7-8-18(15)24;1-2/h3-11H,12H2,1-2H3;1-2H3. The Kier molecular flexibility index (Phi) is 7.31. The minimum atomic E-state index is -0.125.